The lowest BCUT2D eigenvalue weighted by molar-refractivity contribution is 0.340. The van der Waals surface area contributed by atoms with E-state index in [1.165, 1.54) is 0 Å². The van der Waals surface area contributed by atoms with Crippen LogP contribution in [0.15, 0.2) is 58.1 Å². The second kappa shape index (κ2) is 8.64. The first-order valence-electron chi connectivity index (χ1n) is 7.18. The van der Waals surface area contributed by atoms with Gasteiger partial charge in [0.25, 0.3) is 0 Å². The molecule has 2 aromatic rings. The van der Waals surface area contributed by atoms with E-state index in [4.69, 9.17) is 17.0 Å². The summed E-state index contributed by atoms with van der Waals surface area (Å²) >= 11 is 8.65. The Labute approximate surface area is 150 Å². The van der Waals surface area contributed by atoms with Crippen molar-refractivity contribution in [2.75, 3.05) is 11.9 Å². The maximum atomic E-state index is 5.40. The van der Waals surface area contributed by atoms with Crippen molar-refractivity contribution in [3.63, 3.8) is 0 Å². The highest BCUT2D eigenvalue weighted by Gasteiger charge is 2.00. The molecule has 0 amide bonds. The van der Waals surface area contributed by atoms with Crippen LogP contribution in [-0.4, -0.2) is 17.4 Å². The quantitative estimate of drug-likeness (QED) is 0.445. The summed E-state index contributed by atoms with van der Waals surface area (Å²) in [6.07, 6.45) is 0. The number of thiocarbonyl (C=S) groups is 1. The van der Waals surface area contributed by atoms with Gasteiger partial charge in [0, 0.05) is 10.2 Å². The van der Waals surface area contributed by atoms with Gasteiger partial charge in [-0.05, 0) is 68.0 Å². The molecule has 0 aliphatic rings. The number of hydrogen-bond donors (Lipinski definition) is 2. The van der Waals surface area contributed by atoms with E-state index in [0.29, 0.717) is 11.7 Å². The van der Waals surface area contributed by atoms with Crippen molar-refractivity contribution in [3.8, 4) is 5.75 Å². The Balaban J connectivity index is 1.91. The van der Waals surface area contributed by atoms with Crippen LogP contribution in [0.3, 0.4) is 0 Å². The van der Waals surface area contributed by atoms with Crippen LogP contribution in [0.2, 0.25) is 0 Å². The van der Waals surface area contributed by atoms with Crippen LogP contribution in [0.1, 0.15) is 19.4 Å². The van der Waals surface area contributed by atoms with Gasteiger partial charge in [-0.25, -0.2) is 0 Å². The van der Waals surface area contributed by atoms with Crippen molar-refractivity contribution >= 4 is 44.7 Å². The molecular weight excluding hydrogens is 374 g/mol. The summed E-state index contributed by atoms with van der Waals surface area (Å²) in [5.41, 5.74) is 5.61. The van der Waals surface area contributed by atoms with Gasteiger partial charge in [0.1, 0.15) is 5.75 Å². The third-order valence-electron chi connectivity index (χ3n) is 3.01. The van der Waals surface area contributed by atoms with Gasteiger partial charge >= 0.3 is 0 Å². The number of halogens is 1. The van der Waals surface area contributed by atoms with Crippen molar-refractivity contribution in [1.29, 1.82) is 0 Å². The van der Waals surface area contributed by atoms with Crippen LogP contribution in [0, 0.1) is 0 Å². The molecule has 0 saturated carbocycles. The Morgan fingerprint density at radius 1 is 1.13 bits per heavy atom. The average Bonchev–Trinajstić information content (AvgIpc) is 2.55. The third kappa shape index (κ3) is 5.65. The molecule has 0 aliphatic heterocycles. The first-order valence-corrected chi connectivity index (χ1v) is 8.38. The number of nitrogens with zero attached hydrogens (tertiary/aromatic N) is 1. The van der Waals surface area contributed by atoms with Crippen molar-refractivity contribution in [3.05, 3.63) is 58.6 Å². The third-order valence-corrected chi connectivity index (χ3v) is 3.73. The van der Waals surface area contributed by atoms with Gasteiger partial charge in [-0.15, -0.1) is 0 Å². The van der Waals surface area contributed by atoms with E-state index in [1.54, 1.807) is 0 Å². The molecule has 0 fully saturated rings. The predicted octanol–water partition coefficient (Wildman–Crippen LogP) is 4.56. The number of ether oxygens (including phenoxy) is 1. The molecule has 0 radical (unpaired) electrons. The predicted molar refractivity (Wildman–Crippen MR) is 103 cm³/mol. The molecule has 6 heteroatoms. The standard InChI is InChI=1S/C17H18BrN3OS/c1-3-22-16-10-8-15(9-11-16)19-17(23)21-20-12(2)13-4-6-14(18)7-5-13/h4-11H,3H2,1-2H3,(H2,19,21,23)/b20-12+. The van der Waals surface area contributed by atoms with Gasteiger partial charge in [-0.2, -0.15) is 5.10 Å². The molecule has 0 aromatic heterocycles. The topological polar surface area (TPSA) is 45.6 Å². The van der Waals surface area contributed by atoms with Crippen LogP contribution in [0.4, 0.5) is 5.69 Å². The molecule has 2 aromatic carbocycles. The largest absolute Gasteiger partial charge is 0.494 e. The molecule has 0 saturated heterocycles. The summed E-state index contributed by atoms with van der Waals surface area (Å²) in [5, 5.41) is 7.80. The SMILES string of the molecule is CCOc1ccc(NC(=S)N/N=C(\C)c2ccc(Br)cc2)cc1. The molecule has 0 atom stereocenters. The van der Waals surface area contributed by atoms with Crippen molar-refractivity contribution in [2.24, 2.45) is 5.10 Å². The zero-order valence-electron chi connectivity index (χ0n) is 13.0. The van der Waals surface area contributed by atoms with E-state index < -0.39 is 0 Å². The number of hydrazone groups is 1. The molecule has 120 valence electrons. The average molecular weight is 392 g/mol. The summed E-state index contributed by atoms with van der Waals surface area (Å²) in [5.74, 6) is 0.834. The fraction of sp³-hybridized carbons (Fsp3) is 0.176. The van der Waals surface area contributed by atoms with Crippen molar-refractivity contribution < 1.29 is 4.74 Å². The monoisotopic (exact) mass is 391 g/mol. The number of hydrogen-bond acceptors (Lipinski definition) is 3. The van der Waals surface area contributed by atoms with E-state index in [0.717, 1.165) is 27.2 Å². The van der Waals surface area contributed by atoms with Gasteiger partial charge in [0.05, 0.1) is 12.3 Å². The zero-order valence-corrected chi connectivity index (χ0v) is 15.4. The van der Waals surface area contributed by atoms with Crippen LogP contribution in [0.5, 0.6) is 5.75 Å². The second-order valence-electron chi connectivity index (χ2n) is 4.73. The molecule has 0 heterocycles. The summed E-state index contributed by atoms with van der Waals surface area (Å²) in [6.45, 7) is 4.53. The molecule has 0 unspecified atom stereocenters. The fourth-order valence-corrected chi connectivity index (χ4v) is 2.28. The van der Waals surface area contributed by atoms with Gasteiger partial charge < -0.3 is 10.1 Å². The van der Waals surface area contributed by atoms with Gasteiger partial charge in [0.15, 0.2) is 5.11 Å². The Morgan fingerprint density at radius 3 is 2.39 bits per heavy atom. The molecule has 23 heavy (non-hydrogen) atoms. The van der Waals surface area contributed by atoms with E-state index in [9.17, 15) is 0 Å². The summed E-state index contributed by atoms with van der Waals surface area (Å²) in [7, 11) is 0. The van der Waals surface area contributed by atoms with Crippen LogP contribution in [-0.2, 0) is 0 Å². The lowest BCUT2D eigenvalue weighted by Gasteiger charge is -2.09. The molecule has 0 aliphatic carbocycles. The maximum absolute atomic E-state index is 5.40. The maximum Gasteiger partial charge on any atom is 0.191 e. The number of anilines is 1. The normalized spacial score (nSPS) is 11.0. The number of nitrogens with one attached hydrogen (secondary N) is 2. The van der Waals surface area contributed by atoms with Gasteiger partial charge in [-0.3, -0.25) is 5.43 Å². The highest BCUT2D eigenvalue weighted by Crippen LogP contribution is 2.15. The fourth-order valence-electron chi connectivity index (χ4n) is 1.85. The summed E-state index contributed by atoms with van der Waals surface area (Å²) < 4.78 is 6.44. The second-order valence-corrected chi connectivity index (χ2v) is 6.05. The molecule has 4 nitrogen and oxygen atoms in total. The van der Waals surface area contributed by atoms with E-state index in [2.05, 4.69) is 31.8 Å². The van der Waals surface area contributed by atoms with Gasteiger partial charge in [0.2, 0.25) is 0 Å². The molecular formula is C17H18BrN3OS. The highest BCUT2D eigenvalue weighted by atomic mass is 79.9. The first-order chi connectivity index (χ1) is 11.1. The minimum atomic E-state index is 0.436. The number of benzene rings is 2. The zero-order chi connectivity index (χ0) is 16.7. The van der Waals surface area contributed by atoms with Crippen LogP contribution in [0.25, 0.3) is 0 Å². The van der Waals surface area contributed by atoms with Crippen molar-refractivity contribution in [1.82, 2.24) is 5.43 Å². The van der Waals surface area contributed by atoms with E-state index >= 15 is 0 Å². The Hall–Kier alpha value is -1.92. The van der Waals surface area contributed by atoms with E-state index in [-0.39, 0.29) is 0 Å². The lowest BCUT2D eigenvalue weighted by atomic mass is 10.1. The Bertz CT molecular complexity index is 684. The van der Waals surface area contributed by atoms with Crippen LogP contribution >= 0.6 is 28.1 Å². The lowest BCUT2D eigenvalue weighted by Crippen LogP contribution is -2.24. The molecule has 2 N–H and O–H groups in total. The Kier molecular flexibility index (Phi) is 6.55. The highest BCUT2D eigenvalue weighted by molar-refractivity contribution is 9.10. The molecule has 0 spiro atoms. The van der Waals surface area contributed by atoms with E-state index in [1.807, 2.05) is 62.4 Å². The minimum Gasteiger partial charge on any atom is -0.494 e. The van der Waals surface area contributed by atoms with Gasteiger partial charge in [-0.1, -0.05) is 28.1 Å². The molecule has 0 bridgehead atoms. The Morgan fingerprint density at radius 2 is 1.78 bits per heavy atom. The smallest absolute Gasteiger partial charge is 0.191 e. The summed E-state index contributed by atoms with van der Waals surface area (Å²) in [6, 6.07) is 15.5. The van der Waals surface area contributed by atoms with Crippen LogP contribution < -0.4 is 15.5 Å². The minimum absolute atomic E-state index is 0.436. The first kappa shape index (κ1) is 17.4. The molecule has 2 rings (SSSR count). The summed E-state index contributed by atoms with van der Waals surface area (Å²) in [4.78, 5) is 0. The van der Waals surface area contributed by atoms with Crippen molar-refractivity contribution in [2.45, 2.75) is 13.8 Å². The number of rotatable bonds is 5.